The van der Waals surface area contributed by atoms with Crippen LogP contribution in [0.25, 0.3) is 10.9 Å². The van der Waals surface area contributed by atoms with E-state index >= 15 is 0 Å². The molecule has 1 N–H and O–H groups in total. The van der Waals surface area contributed by atoms with Gasteiger partial charge in [0, 0.05) is 17.0 Å². The molecule has 5 heteroatoms. The van der Waals surface area contributed by atoms with E-state index in [1.54, 1.807) is 19.1 Å². The minimum atomic E-state index is -0.316. The van der Waals surface area contributed by atoms with E-state index in [-0.39, 0.29) is 11.9 Å². The molecule has 25 heavy (non-hydrogen) atoms. The second-order valence-electron chi connectivity index (χ2n) is 6.03. The first-order valence-corrected chi connectivity index (χ1v) is 8.39. The van der Waals surface area contributed by atoms with Crippen molar-refractivity contribution < 1.29 is 9.53 Å². The Morgan fingerprint density at radius 1 is 1.08 bits per heavy atom. The van der Waals surface area contributed by atoms with Gasteiger partial charge in [-0.25, -0.2) is 14.8 Å². The summed E-state index contributed by atoms with van der Waals surface area (Å²) in [6.45, 7) is 6.30. The number of aromatic nitrogens is 2. The highest BCUT2D eigenvalue weighted by molar-refractivity contribution is 5.92. The van der Waals surface area contributed by atoms with Gasteiger partial charge in [-0.05, 0) is 43.3 Å². The molecule has 0 atom stereocenters. The highest BCUT2D eigenvalue weighted by atomic mass is 16.5. The number of benzene rings is 2. The van der Waals surface area contributed by atoms with Crippen LogP contribution in [0.4, 0.5) is 11.5 Å². The fourth-order valence-electron chi connectivity index (χ4n) is 2.49. The number of esters is 1. The smallest absolute Gasteiger partial charge is 0.338 e. The van der Waals surface area contributed by atoms with Crippen molar-refractivity contribution in [2.75, 3.05) is 11.9 Å². The summed E-state index contributed by atoms with van der Waals surface area (Å²) < 4.78 is 5.01. The van der Waals surface area contributed by atoms with E-state index in [2.05, 4.69) is 29.1 Å². The van der Waals surface area contributed by atoms with Crippen LogP contribution in [0.1, 0.15) is 42.9 Å². The molecule has 1 aromatic heterocycles. The molecule has 3 rings (SSSR count). The number of hydrogen-bond donors (Lipinski definition) is 1. The zero-order chi connectivity index (χ0) is 17.8. The van der Waals surface area contributed by atoms with E-state index in [1.165, 1.54) is 0 Å². The summed E-state index contributed by atoms with van der Waals surface area (Å²) in [5, 5.41) is 4.30. The standard InChI is InChI=1S/C20H21N3O2/c1-4-25-20(24)14-9-11-15(12-10-14)21-19-16-7-5-6-8-17(16)22-18(23-19)13(2)3/h5-13H,4H2,1-3H3,(H,21,22,23). The molecule has 0 aliphatic rings. The molecule has 0 amide bonds. The average molecular weight is 335 g/mol. The van der Waals surface area contributed by atoms with E-state index in [0.717, 1.165) is 28.2 Å². The van der Waals surface area contributed by atoms with Gasteiger partial charge in [0.25, 0.3) is 0 Å². The van der Waals surface area contributed by atoms with Crippen LogP contribution < -0.4 is 5.32 Å². The first kappa shape index (κ1) is 16.9. The van der Waals surface area contributed by atoms with Gasteiger partial charge in [-0.1, -0.05) is 26.0 Å². The van der Waals surface area contributed by atoms with Crippen LogP contribution in [-0.2, 0) is 4.74 Å². The van der Waals surface area contributed by atoms with Crippen LogP contribution in [0, 0.1) is 0 Å². The number of hydrogen-bond acceptors (Lipinski definition) is 5. The molecule has 0 bridgehead atoms. The van der Waals surface area contributed by atoms with Gasteiger partial charge < -0.3 is 10.1 Å². The molecule has 0 saturated heterocycles. The lowest BCUT2D eigenvalue weighted by molar-refractivity contribution is 0.0526. The number of anilines is 2. The highest BCUT2D eigenvalue weighted by Gasteiger charge is 2.11. The van der Waals surface area contributed by atoms with Crippen molar-refractivity contribution in [1.82, 2.24) is 9.97 Å². The highest BCUT2D eigenvalue weighted by Crippen LogP contribution is 2.26. The number of carbonyl (C=O) groups excluding carboxylic acids is 1. The van der Waals surface area contributed by atoms with Crippen molar-refractivity contribution in [3.63, 3.8) is 0 Å². The van der Waals surface area contributed by atoms with Gasteiger partial charge >= 0.3 is 5.97 Å². The number of fused-ring (bicyclic) bond motifs is 1. The number of para-hydroxylation sites is 1. The molecule has 128 valence electrons. The number of nitrogens with zero attached hydrogens (tertiary/aromatic N) is 2. The summed E-state index contributed by atoms with van der Waals surface area (Å²) in [5.74, 6) is 1.47. The Balaban J connectivity index is 1.93. The van der Waals surface area contributed by atoms with E-state index in [9.17, 15) is 4.79 Å². The van der Waals surface area contributed by atoms with Gasteiger partial charge in [0.1, 0.15) is 11.6 Å². The molecular weight excluding hydrogens is 314 g/mol. The summed E-state index contributed by atoms with van der Waals surface area (Å²) >= 11 is 0. The Hall–Kier alpha value is -2.95. The Bertz CT molecular complexity index is 889. The summed E-state index contributed by atoms with van der Waals surface area (Å²) in [6.07, 6.45) is 0. The molecule has 2 aromatic carbocycles. The third kappa shape index (κ3) is 3.76. The van der Waals surface area contributed by atoms with Crippen LogP contribution in [0.5, 0.6) is 0 Å². The number of ether oxygens (including phenoxy) is 1. The lowest BCUT2D eigenvalue weighted by Crippen LogP contribution is -2.05. The molecule has 0 saturated carbocycles. The maximum atomic E-state index is 11.7. The van der Waals surface area contributed by atoms with Crippen LogP contribution in [-0.4, -0.2) is 22.5 Å². The Morgan fingerprint density at radius 2 is 1.80 bits per heavy atom. The van der Waals surface area contributed by atoms with Gasteiger partial charge in [0.05, 0.1) is 17.7 Å². The predicted octanol–water partition coefficient (Wildman–Crippen LogP) is 4.67. The van der Waals surface area contributed by atoms with Gasteiger partial charge in [0.2, 0.25) is 0 Å². The molecule has 5 nitrogen and oxygen atoms in total. The van der Waals surface area contributed by atoms with Crippen LogP contribution in [0.2, 0.25) is 0 Å². The van der Waals surface area contributed by atoms with Crippen molar-refractivity contribution >= 4 is 28.4 Å². The molecule has 1 heterocycles. The van der Waals surface area contributed by atoms with Crippen LogP contribution in [0.15, 0.2) is 48.5 Å². The summed E-state index contributed by atoms with van der Waals surface area (Å²) in [4.78, 5) is 21.0. The molecular formula is C20H21N3O2. The largest absolute Gasteiger partial charge is 0.462 e. The minimum Gasteiger partial charge on any atom is -0.462 e. The van der Waals surface area contributed by atoms with Crippen molar-refractivity contribution in [2.24, 2.45) is 0 Å². The number of nitrogens with one attached hydrogen (secondary N) is 1. The summed E-state index contributed by atoms with van der Waals surface area (Å²) in [6, 6.07) is 15.1. The van der Waals surface area contributed by atoms with Gasteiger partial charge in [-0.3, -0.25) is 0 Å². The summed E-state index contributed by atoms with van der Waals surface area (Å²) in [5.41, 5.74) is 2.29. The van der Waals surface area contributed by atoms with E-state index in [1.807, 2.05) is 36.4 Å². The summed E-state index contributed by atoms with van der Waals surface area (Å²) in [7, 11) is 0. The Labute approximate surface area is 147 Å². The number of carbonyl (C=O) groups is 1. The average Bonchev–Trinajstić information content (AvgIpc) is 2.62. The lowest BCUT2D eigenvalue weighted by Gasteiger charge is -2.12. The maximum Gasteiger partial charge on any atom is 0.338 e. The van der Waals surface area contributed by atoms with Crippen molar-refractivity contribution in [2.45, 2.75) is 26.7 Å². The lowest BCUT2D eigenvalue weighted by atomic mass is 10.1. The van der Waals surface area contributed by atoms with Crippen molar-refractivity contribution in [3.05, 3.63) is 59.9 Å². The monoisotopic (exact) mass is 335 g/mol. The maximum absolute atomic E-state index is 11.7. The third-order valence-corrected chi connectivity index (χ3v) is 3.80. The van der Waals surface area contributed by atoms with E-state index in [0.29, 0.717) is 12.2 Å². The van der Waals surface area contributed by atoms with E-state index in [4.69, 9.17) is 4.74 Å². The molecule has 3 aromatic rings. The van der Waals surface area contributed by atoms with E-state index < -0.39 is 0 Å². The molecule has 0 fully saturated rings. The molecule has 0 radical (unpaired) electrons. The fourth-order valence-corrected chi connectivity index (χ4v) is 2.49. The molecule has 0 aliphatic carbocycles. The second-order valence-corrected chi connectivity index (χ2v) is 6.03. The van der Waals surface area contributed by atoms with Gasteiger partial charge in [-0.15, -0.1) is 0 Å². The minimum absolute atomic E-state index is 0.233. The molecule has 0 aliphatic heterocycles. The quantitative estimate of drug-likeness (QED) is 0.686. The predicted molar refractivity (Wildman–Crippen MR) is 99.3 cm³/mol. The Morgan fingerprint density at radius 3 is 2.48 bits per heavy atom. The van der Waals surface area contributed by atoms with Gasteiger partial charge in [-0.2, -0.15) is 0 Å². The fraction of sp³-hybridized carbons (Fsp3) is 0.250. The normalized spacial score (nSPS) is 10.9. The van der Waals surface area contributed by atoms with Crippen molar-refractivity contribution in [3.8, 4) is 0 Å². The topological polar surface area (TPSA) is 64.1 Å². The third-order valence-electron chi connectivity index (χ3n) is 3.80. The van der Waals surface area contributed by atoms with Crippen LogP contribution in [0.3, 0.4) is 0 Å². The zero-order valence-electron chi connectivity index (χ0n) is 14.6. The first-order valence-electron chi connectivity index (χ1n) is 8.39. The molecule has 0 unspecified atom stereocenters. The number of rotatable bonds is 5. The SMILES string of the molecule is CCOC(=O)c1ccc(Nc2nc(C(C)C)nc3ccccc23)cc1. The Kier molecular flexibility index (Phi) is 4.93. The molecule has 0 spiro atoms. The van der Waals surface area contributed by atoms with Crippen LogP contribution >= 0.6 is 0 Å². The second kappa shape index (κ2) is 7.30. The van der Waals surface area contributed by atoms with Gasteiger partial charge in [0.15, 0.2) is 0 Å². The van der Waals surface area contributed by atoms with Crippen molar-refractivity contribution in [1.29, 1.82) is 0 Å². The first-order chi connectivity index (χ1) is 12.1. The zero-order valence-corrected chi connectivity index (χ0v) is 14.6.